The fourth-order valence-electron chi connectivity index (χ4n) is 3.12. The van der Waals surface area contributed by atoms with Crippen LogP contribution in [-0.4, -0.2) is 28.6 Å². The number of benzene rings is 1. The van der Waals surface area contributed by atoms with E-state index in [0.29, 0.717) is 29.6 Å². The van der Waals surface area contributed by atoms with Crippen LogP contribution in [0.2, 0.25) is 0 Å². The molecular weight excluding hydrogens is 348 g/mol. The number of nitrogens with zero attached hydrogens (tertiary/aromatic N) is 1. The predicted molar refractivity (Wildman–Crippen MR) is 101 cm³/mol. The number of hydrogen-bond acceptors (Lipinski definition) is 5. The molecule has 2 aromatic rings. The standard InChI is InChI=1S/C20H24N2O5/c1-20(2,3)27-17(23)10-8-13-7-9-14-16(12-13)26-19(25)22(14)15-6-4-5-11-21-18(15)24/h7-10,12,15H,4-6,11H2,1-3H3,(H,21,24)/b10-8+. The van der Waals surface area contributed by atoms with E-state index in [0.717, 1.165) is 12.8 Å². The second-order valence-electron chi connectivity index (χ2n) is 7.63. The minimum atomic E-state index is -0.565. The van der Waals surface area contributed by atoms with Gasteiger partial charge in [0.15, 0.2) is 5.58 Å². The molecule has 1 fully saturated rings. The van der Waals surface area contributed by atoms with Crippen LogP contribution in [0.3, 0.4) is 0 Å². The molecule has 0 spiro atoms. The molecule has 1 unspecified atom stereocenters. The molecule has 7 heteroatoms. The Kier molecular flexibility index (Phi) is 5.21. The van der Waals surface area contributed by atoms with Crippen molar-refractivity contribution in [2.75, 3.05) is 6.54 Å². The van der Waals surface area contributed by atoms with Crippen molar-refractivity contribution in [3.63, 3.8) is 0 Å². The minimum Gasteiger partial charge on any atom is -0.457 e. The third-order valence-corrected chi connectivity index (χ3v) is 4.27. The van der Waals surface area contributed by atoms with Crippen molar-refractivity contribution in [1.82, 2.24) is 9.88 Å². The first-order valence-corrected chi connectivity index (χ1v) is 9.08. The van der Waals surface area contributed by atoms with Gasteiger partial charge in [-0.2, -0.15) is 0 Å². The van der Waals surface area contributed by atoms with Crippen LogP contribution in [0.5, 0.6) is 0 Å². The normalized spacial score (nSPS) is 18.5. The molecular formula is C20H24N2O5. The van der Waals surface area contributed by atoms with E-state index in [1.165, 1.54) is 10.6 Å². The topological polar surface area (TPSA) is 90.5 Å². The van der Waals surface area contributed by atoms with Gasteiger partial charge >= 0.3 is 11.7 Å². The largest absolute Gasteiger partial charge is 0.457 e. The molecule has 1 aromatic heterocycles. The number of carbonyl (C=O) groups excluding carboxylic acids is 2. The van der Waals surface area contributed by atoms with Gasteiger partial charge in [0.25, 0.3) is 0 Å². The summed E-state index contributed by atoms with van der Waals surface area (Å²) in [6, 6.07) is 4.60. The lowest BCUT2D eigenvalue weighted by atomic mass is 10.1. The van der Waals surface area contributed by atoms with E-state index >= 15 is 0 Å². The first kappa shape index (κ1) is 18.9. The highest BCUT2D eigenvalue weighted by molar-refractivity contribution is 5.88. The van der Waals surface area contributed by atoms with Gasteiger partial charge in [0.2, 0.25) is 5.91 Å². The van der Waals surface area contributed by atoms with Crippen molar-refractivity contribution >= 4 is 29.1 Å². The van der Waals surface area contributed by atoms with Crippen LogP contribution in [0.15, 0.2) is 33.5 Å². The Bertz CT molecular complexity index is 945. The summed E-state index contributed by atoms with van der Waals surface area (Å²) in [7, 11) is 0. The SMILES string of the molecule is CC(C)(C)OC(=O)/C=C/c1ccc2c(c1)oc(=O)n2C1CCCCNC1=O. The summed E-state index contributed by atoms with van der Waals surface area (Å²) in [6.07, 6.45) is 5.29. The third kappa shape index (κ3) is 4.48. The highest BCUT2D eigenvalue weighted by Crippen LogP contribution is 2.24. The van der Waals surface area contributed by atoms with Gasteiger partial charge in [0, 0.05) is 12.6 Å². The van der Waals surface area contributed by atoms with Crippen molar-refractivity contribution < 1.29 is 18.7 Å². The number of hydrogen-bond donors (Lipinski definition) is 1. The van der Waals surface area contributed by atoms with Crippen LogP contribution in [0.25, 0.3) is 17.2 Å². The van der Waals surface area contributed by atoms with Crippen molar-refractivity contribution in [2.24, 2.45) is 0 Å². The van der Waals surface area contributed by atoms with Crippen LogP contribution in [0.1, 0.15) is 51.6 Å². The molecule has 2 heterocycles. The molecule has 1 atom stereocenters. The molecule has 0 bridgehead atoms. The van der Waals surface area contributed by atoms with E-state index in [2.05, 4.69) is 5.32 Å². The van der Waals surface area contributed by atoms with Crippen LogP contribution in [0.4, 0.5) is 0 Å². The number of fused-ring (bicyclic) bond motifs is 1. The maximum Gasteiger partial charge on any atom is 0.420 e. The number of rotatable bonds is 3. The summed E-state index contributed by atoms with van der Waals surface area (Å²) in [5, 5.41) is 2.83. The quantitative estimate of drug-likeness (QED) is 0.661. The Morgan fingerprint density at radius 1 is 1.30 bits per heavy atom. The first-order chi connectivity index (χ1) is 12.7. The van der Waals surface area contributed by atoms with E-state index < -0.39 is 23.4 Å². The second-order valence-corrected chi connectivity index (χ2v) is 7.63. The van der Waals surface area contributed by atoms with Gasteiger partial charge in [-0.1, -0.05) is 6.07 Å². The lowest BCUT2D eigenvalue weighted by molar-refractivity contribution is -0.148. The van der Waals surface area contributed by atoms with Crippen molar-refractivity contribution in [3.05, 3.63) is 40.4 Å². The van der Waals surface area contributed by atoms with Crippen molar-refractivity contribution in [3.8, 4) is 0 Å². The van der Waals surface area contributed by atoms with E-state index in [9.17, 15) is 14.4 Å². The molecule has 27 heavy (non-hydrogen) atoms. The first-order valence-electron chi connectivity index (χ1n) is 9.08. The van der Waals surface area contributed by atoms with Gasteiger partial charge in [-0.05, 0) is 63.8 Å². The van der Waals surface area contributed by atoms with Gasteiger partial charge in [-0.25, -0.2) is 9.59 Å². The van der Waals surface area contributed by atoms with E-state index in [-0.39, 0.29) is 5.91 Å². The fraction of sp³-hybridized carbons (Fsp3) is 0.450. The minimum absolute atomic E-state index is 0.161. The molecule has 1 amide bonds. The third-order valence-electron chi connectivity index (χ3n) is 4.27. The number of esters is 1. The summed E-state index contributed by atoms with van der Waals surface area (Å²) >= 11 is 0. The Labute approximate surface area is 157 Å². The van der Waals surface area contributed by atoms with Crippen LogP contribution < -0.4 is 11.1 Å². The van der Waals surface area contributed by atoms with Gasteiger partial charge in [0.1, 0.15) is 11.6 Å². The number of oxazole rings is 1. The summed E-state index contributed by atoms with van der Waals surface area (Å²) in [5.74, 6) is -1.16. The Balaban J connectivity index is 1.88. The number of ether oxygens (including phenoxy) is 1. The summed E-state index contributed by atoms with van der Waals surface area (Å²) < 4.78 is 12.0. The zero-order valence-electron chi connectivity index (χ0n) is 15.8. The van der Waals surface area contributed by atoms with Gasteiger partial charge < -0.3 is 14.5 Å². The number of nitrogens with one attached hydrogen (secondary N) is 1. The van der Waals surface area contributed by atoms with Gasteiger partial charge in [0.05, 0.1) is 5.52 Å². The van der Waals surface area contributed by atoms with Gasteiger partial charge in [-0.15, -0.1) is 0 Å². The monoisotopic (exact) mass is 372 g/mol. The van der Waals surface area contributed by atoms with Crippen LogP contribution >= 0.6 is 0 Å². The molecule has 0 saturated carbocycles. The molecule has 144 valence electrons. The average molecular weight is 372 g/mol. The Morgan fingerprint density at radius 3 is 2.81 bits per heavy atom. The van der Waals surface area contributed by atoms with Crippen LogP contribution in [0, 0.1) is 0 Å². The van der Waals surface area contributed by atoms with E-state index in [4.69, 9.17) is 9.15 Å². The number of carbonyl (C=O) groups is 2. The fourth-order valence-corrected chi connectivity index (χ4v) is 3.12. The Morgan fingerprint density at radius 2 is 2.07 bits per heavy atom. The molecule has 1 aromatic carbocycles. The van der Waals surface area contributed by atoms with E-state index in [1.807, 2.05) is 0 Å². The number of aromatic nitrogens is 1. The summed E-state index contributed by atoms with van der Waals surface area (Å²) in [6.45, 7) is 6.02. The lowest BCUT2D eigenvalue weighted by Crippen LogP contribution is -2.34. The molecule has 3 rings (SSSR count). The van der Waals surface area contributed by atoms with Gasteiger partial charge in [-0.3, -0.25) is 9.36 Å². The second kappa shape index (κ2) is 7.42. The maximum absolute atomic E-state index is 12.4. The molecule has 1 N–H and O–H groups in total. The molecule has 1 aliphatic rings. The predicted octanol–water partition coefficient (Wildman–Crippen LogP) is 2.79. The summed E-state index contributed by atoms with van der Waals surface area (Å²) in [4.78, 5) is 36.4. The molecule has 0 aliphatic carbocycles. The zero-order valence-corrected chi connectivity index (χ0v) is 15.8. The molecule has 0 radical (unpaired) electrons. The highest BCUT2D eigenvalue weighted by atomic mass is 16.6. The summed E-state index contributed by atoms with van der Waals surface area (Å²) in [5.41, 5.74) is 1.08. The molecule has 1 aliphatic heterocycles. The highest BCUT2D eigenvalue weighted by Gasteiger charge is 2.26. The molecule has 1 saturated heterocycles. The molecule has 7 nitrogen and oxygen atoms in total. The maximum atomic E-state index is 12.4. The van der Waals surface area contributed by atoms with Crippen molar-refractivity contribution in [2.45, 2.75) is 51.7 Å². The Hall–Kier alpha value is -2.83. The zero-order chi connectivity index (χ0) is 19.6. The number of amides is 1. The smallest absolute Gasteiger partial charge is 0.420 e. The average Bonchev–Trinajstić information content (AvgIpc) is 2.74. The van der Waals surface area contributed by atoms with E-state index in [1.54, 1.807) is 45.0 Å². The lowest BCUT2D eigenvalue weighted by Gasteiger charge is -2.17. The van der Waals surface area contributed by atoms with Crippen molar-refractivity contribution in [1.29, 1.82) is 0 Å². The van der Waals surface area contributed by atoms with Crippen LogP contribution in [-0.2, 0) is 14.3 Å².